The molecule has 0 bridgehead atoms. The van der Waals surface area contributed by atoms with E-state index < -0.39 is 5.97 Å². The summed E-state index contributed by atoms with van der Waals surface area (Å²) in [6, 6.07) is 21.5. The van der Waals surface area contributed by atoms with Crippen molar-refractivity contribution < 1.29 is 18.5 Å². The van der Waals surface area contributed by atoms with Gasteiger partial charge in [-0.15, -0.1) is 11.3 Å². The number of amides is 1. The van der Waals surface area contributed by atoms with Gasteiger partial charge in [0.1, 0.15) is 10.6 Å². The number of hydrogen-bond donors (Lipinski definition) is 2. The minimum absolute atomic E-state index is 0.0545. The molecule has 208 valence electrons. The molecule has 1 aliphatic carbocycles. The quantitative estimate of drug-likeness (QED) is 0.164. The molecule has 1 saturated carbocycles. The van der Waals surface area contributed by atoms with Crippen molar-refractivity contribution >= 4 is 57.8 Å². The molecule has 1 N–H and O–H groups in total. The first kappa shape index (κ1) is 28.5. The van der Waals surface area contributed by atoms with Crippen LogP contribution in [0.3, 0.4) is 0 Å². The lowest BCUT2D eigenvalue weighted by Crippen LogP contribution is -2.44. The minimum Gasteiger partial charge on any atom is -0.496 e. The molecule has 0 atom stereocenters. The Balaban J connectivity index is 1.50. The molecule has 40 heavy (non-hydrogen) atoms. The van der Waals surface area contributed by atoms with Crippen molar-refractivity contribution in [2.24, 2.45) is 0 Å². The molecule has 1 fully saturated rings. The van der Waals surface area contributed by atoms with Crippen LogP contribution in [0.4, 0.5) is 0 Å². The number of nitrogens with one attached hydrogen (secondary N) is 1. The maximum absolute atomic E-state index is 14.2. The highest BCUT2D eigenvalue weighted by atomic mass is 35.5. The number of rotatable bonds is 8. The number of halogens is 1. The monoisotopic (exact) mass is 594 g/mol. The van der Waals surface area contributed by atoms with Crippen LogP contribution in [0.1, 0.15) is 51.3 Å². The van der Waals surface area contributed by atoms with Gasteiger partial charge < -0.3 is 19.1 Å². The minimum atomic E-state index is -0.507. The average molecular weight is 595 g/mol. The van der Waals surface area contributed by atoms with Gasteiger partial charge in [0.05, 0.1) is 17.7 Å². The Morgan fingerprint density at radius 3 is 2.38 bits per heavy atom. The van der Waals surface area contributed by atoms with Crippen LogP contribution in [0.15, 0.2) is 66.7 Å². The molecule has 6 nitrogen and oxygen atoms in total. The topological polar surface area (TPSA) is 67.9 Å². The van der Waals surface area contributed by atoms with E-state index in [1.807, 2.05) is 60.5 Å². The molecule has 3 aromatic carbocycles. The van der Waals surface area contributed by atoms with Crippen LogP contribution < -0.4 is 10.1 Å². The average Bonchev–Trinajstić information content (AvgIpc) is 3.35. The standard InChI is InChI=1S/C31H31ClN2O4S2/c1-33-23-12-14-24(15-13-23)34(30(35)29-28(32)25-5-3-4-6-27(25)40-29)18-22-17-21(11-16-26(22)37-2)19-7-9-20(10-8-19)31(36)38-39/h3-11,16-17,23-24,33,39H,12-15,18H2,1-2H3. The van der Waals surface area contributed by atoms with E-state index in [0.29, 0.717) is 33.8 Å². The van der Waals surface area contributed by atoms with Crippen LogP contribution in [0.2, 0.25) is 5.02 Å². The molecular formula is C31H31ClN2O4S2. The van der Waals surface area contributed by atoms with Crippen LogP contribution in [-0.2, 0) is 10.7 Å². The van der Waals surface area contributed by atoms with Crippen LogP contribution in [-0.4, -0.2) is 43.0 Å². The van der Waals surface area contributed by atoms with Crippen molar-refractivity contribution in [3.63, 3.8) is 0 Å². The number of ether oxygens (including phenoxy) is 1. The molecule has 0 aliphatic heterocycles. The molecule has 0 unspecified atom stereocenters. The Bertz CT molecular complexity index is 1510. The molecule has 1 aromatic heterocycles. The third kappa shape index (κ3) is 5.86. The summed E-state index contributed by atoms with van der Waals surface area (Å²) in [6.45, 7) is 0.388. The lowest BCUT2D eigenvalue weighted by molar-refractivity contribution is 0.0604. The van der Waals surface area contributed by atoms with E-state index >= 15 is 0 Å². The second-order valence-corrected chi connectivity index (χ2v) is 11.6. The maximum atomic E-state index is 14.2. The van der Waals surface area contributed by atoms with Gasteiger partial charge in [-0.05, 0) is 74.2 Å². The van der Waals surface area contributed by atoms with E-state index in [9.17, 15) is 9.59 Å². The van der Waals surface area contributed by atoms with E-state index in [0.717, 1.165) is 52.5 Å². The highest BCUT2D eigenvalue weighted by Gasteiger charge is 2.32. The van der Waals surface area contributed by atoms with Gasteiger partial charge >= 0.3 is 5.97 Å². The molecule has 9 heteroatoms. The van der Waals surface area contributed by atoms with Gasteiger partial charge in [-0.2, -0.15) is 0 Å². The third-order valence-corrected chi connectivity index (χ3v) is 9.52. The molecule has 0 saturated heterocycles. The van der Waals surface area contributed by atoms with E-state index in [1.54, 1.807) is 19.2 Å². The van der Waals surface area contributed by atoms with Gasteiger partial charge in [-0.1, -0.05) is 48.0 Å². The molecular weight excluding hydrogens is 564 g/mol. The van der Waals surface area contributed by atoms with Crippen molar-refractivity contribution in [1.29, 1.82) is 0 Å². The van der Waals surface area contributed by atoms with E-state index in [-0.39, 0.29) is 11.9 Å². The molecule has 1 amide bonds. The first-order chi connectivity index (χ1) is 19.4. The van der Waals surface area contributed by atoms with Gasteiger partial charge in [0, 0.05) is 47.2 Å². The summed E-state index contributed by atoms with van der Waals surface area (Å²) in [5.41, 5.74) is 3.20. The highest BCUT2D eigenvalue weighted by Crippen LogP contribution is 2.38. The highest BCUT2D eigenvalue weighted by molar-refractivity contribution is 7.75. The number of nitrogens with zero attached hydrogens (tertiary/aromatic N) is 1. The number of carbonyl (C=O) groups is 2. The zero-order valence-corrected chi connectivity index (χ0v) is 24.8. The van der Waals surface area contributed by atoms with Gasteiger partial charge in [0.15, 0.2) is 0 Å². The Labute approximate surface area is 248 Å². The lowest BCUT2D eigenvalue weighted by Gasteiger charge is -2.37. The summed E-state index contributed by atoms with van der Waals surface area (Å²) in [6.07, 6.45) is 3.82. The molecule has 0 radical (unpaired) electrons. The van der Waals surface area contributed by atoms with Crippen molar-refractivity contribution in [1.82, 2.24) is 10.2 Å². The van der Waals surface area contributed by atoms with Gasteiger partial charge in [-0.3, -0.25) is 4.79 Å². The summed E-state index contributed by atoms with van der Waals surface area (Å²) in [7, 11) is 3.64. The predicted octanol–water partition coefficient (Wildman–Crippen LogP) is 7.40. The largest absolute Gasteiger partial charge is 0.496 e. The fraction of sp³-hybridized carbons (Fsp3) is 0.290. The summed E-state index contributed by atoms with van der Waals surface area (Å²) < 4.78 is 11.3. The third-order valence-electron chi connectivity index (χ3n) is 7.69. The first-order valence-electron chi connectivity index (χ1n) is 13.2. The normalized spacial score (nSPS) is 17.0. The molecule has 5 rings (SSSR count). The zero-order valence-electron chi connectivity index (χ0n) is 22.4. The van der Waals surface area contributed by atoms with Crippen LogP contribution in [0.5, 0.6) is 5.75 Å². The SMILES string of the molecule is CNC1CCC(N(Cc2cc(-c3ccc(C(=O)OS)cc3)ccc2OC)C(=O)c2sc3ccccc3c2Cl)CC1. The number of thiophene rings is 1. The van der Waals surface area contributed by atoms with Crippen LogP contribution in [0.25, 0.3) is 21.2 Å². The summed E-state index contributed by atoms with van der Waals surface area (Å²) in [5.74, 6) is 0.150. The Morgan fingerprint density at radius 1 is 1.02 bits per heavy atom. The fourth-order valence-corrected chi connectivity index (χ4v) is 7.02. The van der Waals surface area contributed by atoms with Crippen molar-refractivity contribution in [2.75, 3.05) is 14.2 Å². The molecule has 4 aromatic rings. The van der Waals surface area contributed by atoms with Crippen LogP contribution in [0, 0.1) is 0 Å². The van der Waals surface area contributed by atoms with Crippen LogP contribution >= 0.6 is 35.8 Å². The smallest absolute Gasteiger partial charge is 0.349 e. The number of hydrogen-bond acceptors (Lipinski definition) is 7. The number of methoxy groups -OCH3 is 1. The summed E-state index contributed by atoms with van der Waals surface area (Å²) in [5, 5.41) is 4.80. The number of benzene rings is 3. The van der Waals surface area contributed by atoms with Gasteiger partial charge in [0.25, 0.3) is 5.91 Å². The second kappa shape index (κ2) is 12.6. The van der Waals surface area contributed by atoms with Gasteiger partial charge in [0.2, 0.25) is 0 Å². The number of fused-ring (bicyclic) bond motifs is 1. The number of carbonyl (C=O) groups excluding carboxylic acids is 2. The van der Waals surface area contributed by atoms with Crippen molar-refractivity contribution in [3.05, 3.63) is 87.8 Å². The molecule has 1 heterocycles. The number of thiol groups is 1. The summed E-state index contributed by atoms with van der Waals surface area (Å²) in [4.78, 5) is 28.6. The Morgan fingerprint density at radius 2 is 1.73 bits per heavy atom. The van der Waals surface area contributed by atoms with E-state index in [1.165, 1.54) is 11.3 Å². The first-order valence-corrected chi connectivity index (χ1v) is 14.8. The maximum Gasteiger partial charge on any atom is 0.349 e. The zero-order chi connectivity index (χ0) is 28.2. The van der Waals surface area contributed by atoms with Crippen molar-refractivity contribution in [3.8, 4) is 16.9 Å². The summed E-state index contributed by atoms with van der Waals surface area (Å²) >= 11 is 11.8. The van der Waals surface area contributed by atoms with Gasteiger partial charge in [-0.25, -0.2) is 4.79 Å². The van der Waals surface area contributed by atoms with E-state index in [2.05, 4.69) is 28.5 Å². The van der Waals surface area contributed by atoms with E-state index in [4.69, 9.17) is 16.3 Å². The second-order valence-electron chi connectivity index (χ2n) is 9.95. The Kier molecular flexibility index (Phi) is 9.00. The molecule has 0 spiro atoms. The predicted molar refractivity (Wildman–Crippen MR) is 165 cm³/mol. The Hall–Kier alpha value is -3.04. The van der Waals surface area contributed by atoms with Crippen molar-refractivity contribution in [2.45, 2.75) is 44.3 Å². The molecule has 1 aliphatic rings. The fourth-order valence-electron chi connectivity index (χ4n) is 5.44. The lowest BCUT2D eigenvalue weighted by atomic mass is 9.89.